The number of thioether (sulfide) groups is 1. The summed E-state index contributed by atoms with van der Waals surface area (Å²) in [6.07, 6.45) is -1.36. The van der Waals surface area contributed by atoms with Crippen molar-refractivity contribution >= 4 is 23.6 Å². The van der Waals surface area contributed by atoms with Gasteiger partial charge in [-0.25, -0.2) is 4.79 Å². The highest BCUT2D eigenvalue weighted by atomic mass is 32.2. The van der Waals surface area contributed by atoms with Crippen molar-refractivity contribution in [1.29, 1.82) is 0 Å². The minimum Gasteiger partial charge on any atom is -0.464 e. The molecule has 5 nitrogen and oxygen atoms in total. The van der Waals surface area contributed by atoms with Crippen LogP contribution >= 0.6 is 11.8 Å². The van der Waals surface area contributed by atoms with Crippen LogP contribution in [0.1, 0.15) is 6.92 Å². The highest BCUT2D eigenvalue weighted by Gasteiger charge is 2.35. The molecule has 0 radical (unpaired) electrons. The van der Waals surface area contributed by atoms with E-state index in [9.17, 15) is 14.7 Å². The second-order valence-corrected chi connectivity index (χ2v) is 4.03. The predicted molar refractivity (Wildman–Crippen MR) is 51.9 cm³/mol. The summed E-state index contributed by atoms with van der Waals surface area (Å²) in [5.41, 5.74) is 0. The summed E-state index contributed by atoms with van der Waals surface area (Å²) in [7, 11) is 0. The number of nitrogens with one attached hydrogen (secondary N) is 1. The second-order valence-electron chi connectivity index (χ2n) is 2.78. The van der Waals surface area contributed by atoms with Gasteiger partial charge in [-0.05, 0) is 6.92 Å². The Kier molecular flexibility index (Phi) is 4.21. The lowest BCUT2D eigenvalue weighted by atomic mass is 10.2. The molecule has 0 saturated carbocycles. The Balaban J connectivity index is 2.53. The summed E-state index contributed by atoms with van der Waals surface area (Å²) >= 11 is 1.27. The summed E-state index contributed by atoms with van der Waals surface area (Å²) in [4.78, 5) is 22.4. The number of aliphatic hydroxyl groups excluding tert-OH is 1. The fourth-order valence-electron chi connectivity index (χ4n) is 1.12. The van der Waals surface area contributed by atoms with E-state index in [1.54, 1.807) is 6.92 Å². The Morgan fingerprint density at radius 1 is 1.86 bits per heavy atom. The van der Waals surface area contributed by atoms with Gasteiger partial charge in [-0.2, -0.15) is 0 Å². The van der Waals surface area contributed by atoms with Gasteiger partial charge in [0.2, 0.25) is 5.91 Å². The van der Waals surface area contributed by atoms with Gasteiger partial charge < -0.3 is 15.2 Å². The van der Waals surface area contributed by atoms with Gasteiger partial charge in [0.15, 0.2) is 6.10 Å². The highest BCUT2D eigenvalue weighted by Crippen LogP contribution is 2.18. The maximum absolute atomic E-state index is 11.2. The smallest absolute Gasteiger partial charge is 0.336 e. The van der Waals surface area contributed by atoms with E-state index in [0.717, 1.165) is 0 Å². The maximum Gasteiger partial charge on any atom is 0.336 e. The molecule has 1 fully saturated rings. The molecule has 1 rings (SSSR count). The van der Waals surface area contributed by atoms with Crippen molar-refractivity contribution in [3.63, 3.8) is 0 Å². The van der Waals surface area contributed by atoms with Gasteiger partial charge in [0.05, 0.1) is 6.61 Å². The zero-order chi connectivity index (χ0) is 10.6. The third kappa shape index (κ3) is 2.62. The Labute approximate surface area is 86.2 Å². The fourth-order valence-corrected chi connectivity index (χ4v) is 2.12. The zero-order valence-corrected chi connectivity index (χ0v) is 8.67. The van der Waals surface area contributed by atoms with E-state index < -0.39 is 17.3 Å². The molecule has 1 aliphatic rings. The number of rotatable bonds is 3. The van der Waals surface area contributed by atoms with Crippen molar-refractivity contribution in [3.05, 3.63) is 0 Å². The lowest BCUT2D eigenvalue weighted by Crippen LogP contribution is -2.48. The number of carbonyl (C=O) groups excluding carboxylic acids is 2. The zero-order valence-electron chi connectivity index (χ0n) is 7.86. The third-order valence-electron chi connectivity index (χ3n) is 1.77. The molecular weight excluding hydrogens is 206 g/mol. The van der Waals surface area contributed by atoms with Crippen molar-refractivity contribution in [1.82, 2.24) is 5.32 Å². The van der Waals surface area contributed by atoms with Crippen LogP contribution in [0.3, 0.4) is 0 Å². The van der Waals surface area contributed by atoms with Gasteiger partial charge in [0, 0.05) is 12.3 Å². The summed E-state index contributed by atoms with van der Waals surface area (Å²) in [5.74, 6) is -0.337. The highest BCUT2D eigenvalue weighted by molar-refractivity contribution is 8.00. The first-order chi connectivity index (χ1) is 6.66. The minimum absolute atomic E-state index is 0.203. The van der Waals surface area contributed by atoms with Gasteiger partial charge in [0.1, 0.15) is 5.25 Å². The number of ether oxygens (including phenoxy) is 1. The van der Waals surface area contributed by atoms with Crippen molar-refractivity contribution in [2.24, 2.45) is 0 Å². The van der Waals surface area contributed by atoms with Gasteiger partial charge >= 0.3 is 5.97 Å². The van der Waals surface area contributed by atoms with E-state index in [2.05, 4.69) is 10.1 Å². The van der Waals surface area contributed by atoms with Gasteiger partial charge in [0.25, 0.3) is 0 Å². The lowest BCUT2D eigenvalue weighted by Gasteiger charge is -2.24. The van der Waals surface area contributed by atoms with Crippen molar-refractivity contribution in [2.75, 3.05) is 18.9 Å². The molecule has 80 valence electrons. The largest absolute Gasteiger partial charge is 0.464 e. The molecule has 0 unspecified atom stereocenters. The van der Waals surface area contributed by atoms with E-state index in [1.165, 1.54) is 11.8 Å². The third-order valence-corrected chi connectivity index (χ3v) is 3.04. The topological polar surface area (TPSA) is 75.6 Å². The molecular formula is C8H13NO4S. The lowest BCUT2D eigenvalue weighted by molar-refractivity contribution is -0.154. The van der Waals surface area contributed by atoms with Crippen LogP contribution in [-0.4, -0.2) is 47.2 Å². The molecule has 2 N–H and O–H groups in total. The Bertz CT molecular complexity index is 233. The molecule has 0 bridgehead atoms. The van der Waals surface area contributed by atoms with Crippen molar-refractivity contribution in [3.8, 4) is 0 Å². The molecule has 2 atom stereocenters. The van der Waals surface area contributed by atoms with E-state index >= 15 is 0 Å². The van der Waals surface area contributed by atoms with Gasteiger partial charge in [-0.1, -0.05) is 0 Å². The second kappa shape index (κ2) is 5.21. The molecule has 0 aromatic rings. The summed E-state index contributed by atoms with van der Waals surface area (Å²) in [6, 6.07) is 0. The maximum atomic E-state index is 11.2. The molecule has 14 heavy (non-hydrogen) atoms. The monoisotopic (exact) mass is 219 g/mol. The van der Waals surface area contributed by atoms with Crippen LogP contribution in [0.2, 0.25) is 0 Å². The first-order valence-corrected chi connectivity index (χ1v) is 5.45. The normalized spacial score (nSPS) is 23.9. The van der Waals surface area contributed by atoms with E-state index in [1.807, 2.05) is 0 Å². The van der Waals surface area contributed by atoms with Crippen LogP contribution < -0.4 is 5.32 Å². The molecule has 0 aliphatic carbocycles. The molecule has 0 aromatic carbocycles. The van der Waals surface area contributed by atoms with Crippen LogP contribution in [0, 0.1) is 0 Å². The standard InChI is InChI=1S/C8H13NO4S/c1-2-13-8(12)5(10)6-7(11)9-3-4-14-6/h5-6,10H,2-4H2,1H3,(H,9,11)/t5-,6+/m0/s1. The molecule has 1 aliphatic heterocycles. The Morgan fingerprint density at radius 3 is 3.14 bits per heavy atom. The predicted octanol–water partition coefficient (Wildman–Crippen LogP) is -0.858. The molecule has 0 aromatic heterocycles. The summed E-state index contributed by atoms with van der Waals surface area (Å²) < 4.78 is 4.62. The van der Waals surface area contributed by atoms with E-state index in [-0.39, 0.29) is 12.5 Å². The van der Waals surface area contributed by atoms with Crippen LogP contribution in [-0.2, 0) is 14.3 Å². The van der Waals surface area contributed by atoms with Crippen LogP contribution in [0.15, 0.2) is 0 Å². The first kappa shape index (κ1) is 11.3. The molecule has 6 heteroatoms. The Morgan fingerprint density at radius 2 is 2.57 bits per heavy atom. The summed E-state index contributed by atoms with van der Waals surface area (Å²) in [5, 5.41) is 11.3. The average molecular weight is 219 g/mol. The van der Waals surface area contributed by atoms with E-state index in [4.69, 9.17) is 0 Å². The van der Waals surface area contributed by atoms with Crippen LogP contribution in [0.25, 0.3) is 0 Å². The summed E-state index contributed by atoms with van der Waals surface area (Å²) in [6.45, 7) is 2.43. The van der Waals surface area contributed by atoms with Gasteiger partial charge in [-0.15, -0.1) is 11.8 Å². The number of hydrogen-bond donors (Lipinski definition) is 2. The SMILES string of the molecule is CCOC(=O)[C@@H](O)[C@H]1SCCNC1=O. The fraction of sp³-hybridized carbons (Fsp3) is 0.750. The van der Waals surface area contributed by atoms with Crippen molar-refractivity contribution < 1.29 is 19.4 Å². The molecule has 1 heterocycles. The molecule has 1 saturated heterocycles. The van der Waals surface area contributed by atoms with Crippen LogP contribution in [0.5, 0.6) is 0 Å². The van der Waals surface area contributed by atoms with Gasteiger partial charge in [-0.3, -0.25) is 4.79 Å². The molecule has 1 amide bonds. The Hall–Kier alpha value is -0.750. The average Bonchev–Trinajstić information content (AvgIpc) is 2.18. The number of carbonyl (C=O) groups is 2. The van der Waals surface area contributed by atoms with E-state index in [0.29, 0.717) is 12.3 Å². The quantitative estimate of drug-likeness (QED) is 0.604. The number of amides is 1. The molecule has 0 spiro atoms. The number of aliphatic hydroxyl groups is 1. The number of hydrogen-bond acceptors (Lipinski definition) is 5. The van der Waals surface area contributed by atoms with Crippen LogP contribution in [0.4, 0.5) is 0 Å². The van der Waals surface area contributed by atoms with Crippen molar-refractivity contribution in [2.45, 2.75) is 18.3 Å². The first-order valence-electron chi connectivity index (χ1n) is 4.40. The minimum atomic E-state index is -1.36. The number of esters is 1.